The largest absolute Gasteiger partial charge is 0.345 e. The smallest absolute Gasteiger partial charge is 0.263 e. The van der Waals surface area contributed by atoms with Crippen molar-refractivity contribution < 1.29 is 4.79 Å². The van der Waals surface area contributed by atoms with Gasteiger partial charge in [-0.2, -0.15) is 0 Å². The van der Waals surface area contributed by atoms with E-state index in [1.165, 1.54) is 11.3 Å². The summed E-state index contributed by atoms with van der Waals surface area (Å²) in [5.74, 6) is 0.357. The fourth-order valence-electron chi connectivity index (χ4n) is 1.53. The van der Waals surface area contributed by atoms with Crippen LogP contribution in [0.4, 0.5) is 0 Å². The van der Waals surface area contributed by atoms with Crippen molar-refractivity contribution in [1.82, 2.24) is 20.3 Å². The van der Waals surface area contributed by atoms with Crippen molar-refractivity contribution in [3.8, 4) is 10.8 Å². The lowest BCUT2D eigenvalue weighted by molar-refractivity contribution is 0.0919. The van der Waals surface area contributed by atoms with Crippen LogP contribution in [0.15, 0.2) is 18.5 Å². The van der Waals surface area contributed by atoms with Crippen LogP contribution >= 0.6 is 11.3 Å². The second-order valence-corrected chi connectivity index (χ2v) is 6.05. The lowest BCUT2D eigenvalue weighted by atomic mass is 10.1. The summed E-state index contributed by atoms with van der Waals surface area (Å²) in [6, 6.07) is 1.74. The molecular weight excluding hydrogens is 274 g/mol. The van der Waals surface area contributed by atoms with Crippen molar-refractivity contribution in [2.45, 2.75) is 26.3 Å². The van der Waals surface area contributed by atoms with E-state index in [0.29, 0.717) is 27.9 Å². The molecule has 2 aromatic heterocycles. The van der Waals surface area contributed by atoms with Crippen LogP contribution in [-0.4, -0.2) is 32.9 Å². The molecule has 1 amide bonds. The van der Waals surface area contributed by atoms with Gasteiger partial charge in [-0.05, 0) is 26.8 Å². The molecule has 20 heavy (non-hydrogen) atoms. The highest BCUT2D eigenvalue weighted by Crippen LogP contribution is 2.25. The van der Waals surface area contributed by atoms with Crippen molar-refractivity contribution >= 4 is 17.2 Å². The Morgan fingerprint density at radius 2 is 2.05 bits per heavy atom. The molecule has 0 aliphatic rings. The predicted octanol–water partition coefficient (Wildman–Crippen LogP) is 1.38. The van der Waals surface area contributed by atoms with E-state index in [0.717, 1.165) is 0 Å². The van der Waals surface area contributed by atoms with Gasteiger partial charge in [0.05, 0.1) is 5.69 Å². The Labute approximate surface area is 121 Å². The van der Waals surface area contributed by atoms with Crippen LogP contribution in [0.3, 0.4) is 0 Å². The average molecular weight is 291 g/mol. The molecule has 0 fully saturated rings. The number of nitrogens with zero attached hydrogens (tertiary/aromatic N) is 3. The molecule has 0 spiro atoms. The summed E-state index contributed by atoms with van der Waals surface area (Å²) >= 11 is 1.28. The molecule has 6 nitrogen and oxygen atoms in total. The molecule has 2 rings (SSSR count). The van der Waals surface area contributed by atoms with Gasteiger partial charge in [0.2, 0.25) is 0 Å². The number of nitrogens with one attached hydrogen (secondary N) is 1. The second kappa shape index (κ2) is 5.64. The molecule has 106 valence electrons. The summed E-state index contributed by atoms with van der Waals surface area (Å²) in [5.41, 5.74) is 5.84. The zero-order valence-electron chi connectivity index (χ0n) is 11.7. The summed E-state index contributed by atoms with van der Waals surface area (Å²) in [6.07, 6.45) is 3.30. The molecular formula is C13H17N5OS. The maximum Gasteiger partial charge on any atom is 0.263 e. The number of hydrogen-bond donors (Lipinski definition) is 2. The second-order valence-electron chi connectivity index (χ2n) is 5.05. The van der Waals surface area contributed by atoms with Crippen molar-refractivity contribution in [2.75, 3.05) is 6.54 Å². The van der Waals surface area contributed by atoms with Gasteiger partial charge in [0.25, 0.3) is 5.91 Å². The summed E-state index contributed by atoms with van der Waals surface area (Å²) in [4.78, 5) is 25.4. The van der Waals surface area contributed by atoms with Crippen LogP contribution in [0, 0.1) is 6.92 Å². The first-order valence-corrected chi connectivity index (χ1v) is 7.02. The third-order valence-electron chi connectivity index (χ3n) is 2.72. The summed E-state index contributed by atoms with van der Waals surface area (Å²) < 4.78 is 0. The maximum atomic E-state index is 12.2. The fourth-order valence-corrected chi connectivity index (χ4v) is 2.44. The molecule has 3 N–H and O–H groups in total. The molecule has 2 aromatic rings. The maximum absolute atomic E-state index is 12.2. The third kappa shape index (κ3) is 3.17. The predicted molar refractivity (Wildman–Crippen MR) is 78.5 cm³/mol. The van der Waals surface area contributed by atoms with E-state index in [1.807, 2.05) is 13.8 Å². The Morgan fingerprint density at radius 1 is 1.40 bits per heavy atom. The van der Waals surface area contributed by atoms with Gasteiger partial charge in [-0.1, -0.05) is 0 Å². The van der Waals surface area contributed by atoms with Crippen LogP contribution in [0.2, 0.25) is 0 Å². The minimum atomic E-state index is -0.447. The van der Waals surface area contributed by atoms with E-state index in [4.69, 9.17) is 5.73 Å². The number of thiazole rings is 1. The van der Waals surface area contributed by atoms with E-state index in [2.05, 4.69) is 20.3 Å². The Morgan fingerprint density at radius 3 is 2.65 bits per heavy atom. The molecule has 0 aliphatic carbocycles. The third-order valence-corrected chi connectivity index (χ3v) is 3.87. The standard InChI is InChI=1S/C13H17N5OS/c1-8-9(11(19)18-13(2,3)7-14)20-12(17-8)10-15-5-4-6-16-10/h4-6H,7,14H2,1-3H3,(H,18,19). The van der Waals surface area contributed by atoms with Gasteiger partial charge in [0.1, 0.15) is 4.88 Å². The quantitative estimate of drug-likeness (QED) is 0.887. The lowest BCUT2D eigenvalue weighted by Crippen LogP contribution is -2.48. The number of rotatable bonds is 4. The number of nitrogens with two attached hydrogens (primary N) is 1. The molecule has 0 radical (unpaired) electrons. The van der Waals surface area contributed by atoms with Crippen LogP contribution in [0.5, 0.6) is 0 Å². The number of carbonyl (C=O) groups excluding carboxylic acids is 1. The van der Waals surface area contributed by atoms with Crippen LogP contribution in [0.25, 0.3) is 10.8 Å². The van der Waals surface area contributed by atoms with Crippen molar-refractivity contribution in [1.29, 1.82) is 0 Å². The van der Waals surface area contributed by atoms with E-state index >= 15 is 0 Å². The Bertz CT molecular complexity index is 608. The summed E-state index contributed by atoms with van der Waals surface area (Å²) in [5, 5.41) is 3.53. The van der Waals surface area contributed by atoms with Gasteiger partial charge < -0.3 is 11.1 Å². The molecule has 0 aromatic carbocycles. The van der Waals surface area contributed by atoms with E-state index < -0.39 is 5.54 Å². The van der Waals surface area contributed by atoms with E-state index in [-0.39, 0.29) is 5.91 Å². The summed E-state index contributed by atoms with van der Waals surface area (Å²) in [6.45, 7) is 5.92. The number of aromatic nitrogens is 3. The normalized spacial score (nSPS) is 11.4. The SMILES string of the molecule is Cc1nc(-c2ncccn2)sc1C(=O)NC(C)(C)CN. The topological polar surface area (TPSA) is 93.8 Å². The fraction of sp³-hybridized carbons (Fsp3) is 0.385. The zero-order valence-corrected chi connectivity index (χ0v) is 12.5. The number of carbonyl (C=O) groups is 1. The van der Waals surface area contributed by atoms with Crippen LogP contribution in [-0.2, 0) is 0 Å². The lowest BCUT2D eigenvalue weighted by Gasteiger charge is -2.23. The highest BCUT2D eigenvalue weighted by molar-refractivity contribution is 7.17. The monoisotopic (exact) mass is 291 g/mol. The van der Waals surface area contributed by atoms with Gasteiger partial charge in [-0.25, -0.2) is 15.0 Å². The molecule has 2 heterocycles. The minimum Gasteiger partial charge on any atom is -0.345 e. The van der Waals surface area contributed by atoms with E-state index in [1.54, 1.807) is 25.4 Å². The molecule has 0 unspecified atom stereocenters. The molecule has 0 bridgehead atoms. The van der Waals surface area contributed by atoms with Crippen LogP contribution < -0.4 is 11.1 Å². The molecule has 7 heteroatoms. The van der Waals surface area contributed by atoms with Gasteiger partial charge in [0, 0.05) is 24.5 Å². The summed E-state index contributed by atoms with van der Waals surface area (Å²) in [7, 11) is 0. The molecule has 0 aliphatic heterocycles. The number of hydrogen-bond acceptors (Lipinski definition) is 6. The van der Waals surface area contributed by atoms with Crippen molar-refractivity contribution in [2.24, 2.45) is 5.73 Å². The zero-order chi connectivity index (χ0) is 14.8. The van der Waals surface area contributed by atoms with Gasteiger partial charge in [-0.15, -0.1) is 11.3 Å². The van der Waals surface area contributed by atoms with Crippen LogP contribution in [0.1, 0.15) is 29.2 Å². The highest BCUT2D eigenvalue weighted by atomic mass is 32.1. The molecule has 0 saturated heterocycles. The minimum absolute atomic E-state index is 0.169. The Hall–Kier alpha value is -1.86. The Balaban J connectivity index is 2.26. The average Bonchev–Trinajstić information content (AvgIpc) is 2.81. The highest BCUT2D eigenvalue weighted by Gasteiger charge is 2.23. The van der Waals surface area contributed by atoms with Gasteiger partial charge in [-0.3, -0.25) is 4.79 Å². The Kier molecular flexibility index (Phi) is 4.10. The van der Waals surface area contributed by atoms with Gasteiger partial charge in [0.15, 0.2) is 10.8 Å². The molecule has 0 atom stereocenters. The van der Waals surface area contributed by atoms with E-state index in [9.17, 15) is 4.79 Å². The molecule has 0 saturated carbocycles. The van der Waals surface area contributed by atoms with Gasteiger partial charge >= 0.3 is 0 Å². The first kappa shape index (κ1) is 14.5. The number of aryl methyl sites for hydroxylation is 1. The first-order chi connectivity index (χ1) is 9.43. The van der Waals surface area contributed by atoms with Crippen molar-refractivity contribution in [3.05, 3.63) is 29.0 Å². The van der Waals surface area contributed by atoms with Crippen molar-refractivity contribution in [3.63, 3.8) is 0 Å². The first-order valence-electron chi connectivity index (χ1n) is 6.20. The number of amides is 1.